The number of nitrogens with zero attached hydrogens (tertiary/aromatic N) is 2. The molecule has 4 heteroatoms. The third kappa shape index (κ3) is 4.15. The number of anilines is 2. The molecule has 1 N–H and O–H groups in total. The highest BCUT2D eigenvalue weighted by atomic mass is 35.5. The molecule has 0 bridgehead atoms. The Kier molecular flexibility index (Phi) is 5.69. The second-order valence-corrected chi connectivity index (χ2v) is 6.26. The smallest absolute Gasteiger partial charge is 0.0596 e. The summed E-state index contributed by atoms with van der Waals surface area (Å²) >= 11 is 5.99. The zero-order valence-electron chi connectivity index (χ0n) is 13.7. The van der Waals surface area contributed by atoms with Crippen molar-refractivity contribution in [1.29, 1.82) is 0 Å². The Bertz CT molecular complexity index is 594. The minimum absolute atomic E-state index is 0.285. The molecule has 1 atom stereocenters. The number of para-hydroxylation sites is 2. The number of nitrogens with one attached hydrogen (secondary N) is 1. The van der Waals surface area contributed by atoms with Crippen LogP contribution < -0.4 is 10.2 Å². The van der Waals surface area contributed by atoms with Crippen molar-refractivity contribution in [3.05, 3.63) is 59.1 Å². The summed E-state index contributed by atoms with van der Waals surface area (Å²) < 4.78 is 0. The van der Waals surface area contributed by atoms with Gasteiger partial charge in [0, 0.05) is 25.7 Å². The van der Waals surface area contributed by atoms with Gasteiger partial charge in [0.05, 0.1) is 17.4 Å². The summed E-state index contributed by atoms with van der Waals surface area (Å²) in [6.45, 7) is 0.833. The number of likely N-dealkylation sites (N-methyl/N-ethyl adjacent to an activating group) is 1. The quantitative estimate of drug-likeness (QED) is 0.864. The van der Waals surface area contributed by atoms with E-state index in [0.29, 0.717) is 0 Å². The van der Waals surface area contributed by atoms with Crippen molar-refractivity contribution in [3.8, 4) is 0 Å². The van der Waals surface area contributed by atoms with Crippen LogP contribution in [0.2, 0.25) is 5.02 Å². The lowest BCUT2D eigenvalue weighted by Gasteiger charge is -2.27. The van der Waals surface area contributed by atoms with Crippen molar-refractivity contribution in [1.82, 2.24) is 4.90 Å². The van der Waals surface area contributed by atoms with Gasteiger partial charge >= 0.3 is 0 Å². The summed E-state index contributed by atoms with van der Waals surface area (Å²) in [5.41, 5.74) is 3.59. The van der Waals surface area contributed by atoms with Gasteiger partial charge in [-0.3, -0.25) is 0 Å². The number of rotatable bonds is 6. The molecule has 0 aliphatic carbocycles. The maximum atomic E-state index is 5.99. The molecule has 0 spiro atoms. The van der Waals surface area contributed by atoms with Crippen LogP contribution >= 0.6 is 11.6 Å². The maximum absolute atomic E-state index is 5.99. The van der Waals surface area contributed by atoms with Gasteiger partial charge in [0.2, 0.25) is 0 Å². The van der Waals surface area contributed by atoms with Crippen LogP contribution in [0, 0.1) is 0 Å². The van der Waals surface area contributed by atoms with Gasteiger partial charge in [0.1, 0.15) is 0 Å². The summed E-state index contributed by atoms with van der Waals surface area (Å²) in [4.78, 5) is 4.34. The first-order chi connectivity index (χ1) is 10.5. The molecule has 0 aliphatic heterocycles. The lowest BCUT2D eigenvalue weighted by atomic mass is 10.1. The molecule has 0 heterocycles. The number of benzene rings is 2. The van der Waals surface area contributed by atoms with E-state index in [-0.39, 0.29) is 6.04 Å². The van der Waals surface area contributed by atoms with Gasteiger partial charge in [0.25, 0.3) is 0 Å². The number of hydrogen-bond donors (Lipinski definition) is 1. The molecule has 0 aromatic heterocycles. The average Bonchev–Trinajstić information content (AvgIpc) is 2.49. The van der Waals surface area contributed by atoms with Crippen LogP contribution in [0.15, 0.2) is 48.5 Å². The normalized spacial score (nSPS) is 12.3. The molecule has 0 amide bonds. The molecular formula is C18H24ClN3. The zero-order valence-corrected chi connectivity index (χ0v) is 14.4. The van der Waals surface area contributed by atoms with Crippen LogP contribution in [0.1, 0.15) is 11.6 Å². The Labute approximate surface area is 138 Å². The summed E-state index contributed by atoms with van der Waals surface area (Å²) in [5.74, 6) is 0. The highest BCUT2D eigenvalue weighted by molar-refractivity contribution is 6.30. The highest BCUT2D eigenvalue weighted by Gasteiger charge is 2.14. The second-order valence-electron chi connectivity index (χ2n) is 5.82. The van der Waals surface area contributed by atoms with Gasteiger partial charge in [-0.2, -0.15) is 0 Å². The monoisotopic (exact) mass is 317 g/mol. The van der Waals surface area contributed by atoms with Gasteiger partial charge in [-0.05, 0) is 43.9 Å². The summed E-state index contributed by atoms with van der Waals surface area (Å²) in [6, 6.07) is 16.7. The highest BCUT2D eigenvalue weighted by Crippen LogP contribution is 2.26. The van der Waals surface area contributed by atoms with Crippen molar-refractivity contribution in [2.24, 2.45) is 0 Å². The van der Waals surface area contributed by atoms with E-state index in [2.05, 4.69) is 79.7 Å². The van der Waals surface area contributed by atoms with E-state index in [1.165, 1.54) is 11.3 Å². The Balaban J connectivity index is 2.15. The van der Waals surface area contributed by atoms with Crippen molar-refractivity contribution < 1.29 is 0 Å². The SMILES string of the molecule is CN(C)c1ccccc1NCC(c1ccc(Cl)cc1)N(C)C. The first kappa shape index (κ1) is 16.7. The van der Waals surface area contributed by atoms with Gasteiger partial charge in [-0.15, -0.1) is 0 Å². The Morgan fingerprint density at radius 2 is 1.59 bits per heavy atom. The third-order valence-corrected chi connectivity index (χ3v) is 4.00. The Morgan fingerprint density at radius 3 is 2.18 bits per heavy atom. The lowest BCUT2D eigenvalue weighted by molar-refractivity contribution is 0.312. The molecule has 118 valence electrons. The second kappa shape index (κ2) is 7.52. The molecule has 0 saturated carbocycles. The van der Waals surface area contributed by atoms with Gasteiger partial charge in [-0.1, -0.05) is 35.9 Å². The fourth-order valence-electron chi connectivity index (χ4n) is 2.50. The third-order valence-electron chi connectivity index (χ3n) is 3.75. The molecule has 0 radical (unpaired) electrons. The Morgan fingerprint density at radius 1 is 0.955 bits per heavy atom. The van der Waals surface area contributed by atoms with E-state index in [4.69, 9.17) is 11.6 Å². The standard InChI is InChI=1S/C18H24ClN3/c1-21(2)17-8-6-5-7-16(17)20-13-18(22(3)4)14-9-11-15(19)12-10-14/h5-12,18,20H,13H2,1-4H3. The molecule has 2 aromatic rings. The van der Waals surface area contributed by atoms with Gasteiger partial charge < -0.3 is 15.1 Å². The molecule has 3 nitrogen and oxygen atoms in total. The zero-order chi connectivity index (χ0) is 16.1. The molecule has 0 fully saturated rings. The average molecular weight is 318 g/mol. The van der Waals surface area contributed by atoms with Crippen LogP contribution in [0.3, 0.4) is 0 Å². The van der Waals surface area contributed by atoms with Crippen LogP contribution in [0.25, 0.3) is 0 Å². The van der Waals surface area contributed by atoms with E-state index >= 15 is 0 Å². The van der Waals surface area contributed by atoms with Crippen molar-refractivity contribution in [2.75, 3.05) is 45.0 Å². The minimum Gasteiger partial charge on any atom is -0.381 e. The number of halogens is 1. The fourth-order valence-corrected chi connectivity index (χ4v) is 2.63. The summed E-state index contributed by atoms with van der Waals surface area (Å²) in [5, 5.41) is 4.34. The first-order valence-electron chi connectivity index (χ1n) is 7.41. The van der Waals surface area contributed by atoms with Crippen LogP contribution in [0.4, 0.5) is 11.4 Å². The predicted molar refractivity (Wildman–Crippen MR) is 97.1 cm³/mol. The van der Waals surface area contributed by atoms with E-state index in [1.54, 1.807) is 0 Å². The molecule has 2 rings (SSSR count). The largest absolute Gasteiger partial charge is 0.381 e. The molecule has 22 heavy (non-hydrogen) atoms. The van der Waals surface area contributed by atoms with Crippen molar-refractivity contribution in [3.63, 3.8) is 0 Å². The summed E-state index contributed by atoms with van der Waals surface area (Å²) in [6.07, 6.45) is 0. The number of hydrogen-bond acceptors (Lipinski definition) is 3. The van der Waals surface area contributed by atoms with Crippen LogP contribution in [-0.4, -0.2) is 39.6 Å². The van der Waals surface area contributed by atoms with Crippen LogP contribution in [-0.2, 0) is 0 Å². The molecule has 2 aromatic carbocycles. The molecule has 1 unspecified atom stereocenters. The predicted octanol–water partition coefficient (Wildman–Crippen LogP) is 4.12. The molecular weight excluding hydrogens is 294 g/mol. The maximum Gasteiger partial charge on any atom is 0.0596 e. The topological polar surface area (TPSA) is 18.5 Å². The van der Waals surface area contributed by atoms with Crippen molar-refractivity contribution in [2.45, 2.75) is 6.04 Å². The minimum atomic E-state index is 0.285. The molecule has 0 aliphatic rings. The lowest BCUT2D eigenvalue weighted by Crippen LogP contribution is -2.27. The van der Waals surface area contributed by atoms with Gasteiger partial charge in [0.15, 0.2) is 0 Å². The Hall–Kier alpha value is -1.71. The van der Waals surface area contributed by atoms with E-state index in [1.807, 2.05) is 12.1 Å². The van der Waals surface area contributed by atoms with E-state index in [9.17, 15) is 0 Å². The van der Waals surface area contributed by atoms with Crippen LogP contribution in [0.5, 0.6) is 0 Å². The van der Waals surface area contributed by atoms with E-state index in [0.717, 1.165) is 17.3 Å². The fraction of sp³-hybridized carbons (Fsp3) is 0.333. The van der Waals surface area contributed by atoms with E-state index < -0.39 is 0 Å². The summed E-state index contributed by atoms with van der Waals surface area (Å²) in [7, 11) is 8.31. The van der Waals surface area contributed by atoms with Gasteiger partial charge in [-0.25, -0.2) is 0 Å². The van der Waals surface area contributed by atoms with Crippen molar-refractivity contribution >= 4 is 23.0 Å². The first-order valence-corrected chi connectivity index (χ1v) is 7.79. The molecule has 0 saturated heterocycles.